The molecule has 1 aromatic carbocycles. The van der Waals surface area contributed by atoms with Gasteiger partial charge in [-0.05, 0) is 19.4 Å². The molecule has 22 heavy (non-hydrogen) atoms. The van der Waals surface area contributed by atoms with E-state index in [1.54, 1.807) is 19.9 Å². The lowest BCUT2D eigenvalue weighted by Crippen LogP contribution is -2.27. The Bertz CT molecular complexity index is 771. The third kappa shape index (κ3) is 2.54. The van der Waals surface area contributed by atoms with Crippen LogP contribution in [0.3, 0.4) is 0 Å². The molecule has 0 saturated carbocycles. The largest absolute Gasteiger partial charge is 0.478 e. The summed E-state index contributed by atoms with van der Waals surface area (Å²) in [5.74, 6) is -1.99. The molecule has 1 aliphatic rings. The number of carbonyl (C=O) groups is 1. The van der Waals surface area contributed by atoms with Crippen molar-refractivity contribution in [2.24, 2.45) is 0 Å². The van der Waals surface area contributed by atoms with Gasteiger partial charge in [-0.1, -0.05) is 12.1 Å². The third-order valence-electron chi connectivity index (χ3n) is 3.53. The minimum atomic E-state index is -1.17. The zero-order valence-corrected chi connectivity index (χ0v) is 12.0. The smallest absolute Gasteiger partial charge is 0.334 e. The topological polar surface area (TPSA) is 116 Å². The van der Waals surface area contributed by atoms with E-state index in [1.165, 1.54) is 18.2 Å². The highest BCUT2D eigenvalue weighted by atomic mass is 16.6. The molecule has 1 atom stereocenters. The van der Waals surface area contributed by atoms with Crippen LogP contribution in [0.5, 0.6) is 0 Å². The molecule has 2 N–H and O–H groups in total. The van der Waals surface area contributed by atoms with Gasteiger partial charge in [-0.15, -0.1) is 0 Å². The lowest BCUT2D eigenvalue weighted by Gasteiger charge is -2.27. The van der Waals surface area contributed by atoms with Crippen molar-refractivity contribution in [3.05, 3.63) is 62.5 Å². The van der Waals surface area contributed by atoms with E-state index in [4.69, 9.17) is 0 Å². The normalized spacial score (nSPS) is 17.8. The summed E-state index contributed by atoms with van der Waals surface area (Å²) in [4.78, 5) is 21.9. The highest BCUT2D eigenvalue weighted by molar-refractivity contribution is 5.91. The van der Waals surface area contributed by atoms with Gasteiger partial charge in [0.1, 0.15) is 0 Å². The van der Waals surface area contributed by atoms with Crippen molar-refractivity contribution in [3.63, 3.8) is 0 Å². The van der Waals surface area contributed by atoms with Crippen molar-refractivity contribution in [1.29, 1.82) is 5.26 Å². The average molecular weight is 299 g/mol. The van der Waals surface area contributed by atoms with Gasteiger partial charge < -0.3 is 10.4 Å². The van der Waals surface area contributed by atoms with Crippen molar-refractivity contribution in [3.8, 4) is 6.07 Å². The molecule has 1 heterocycles. The molecular weight excluding hydrogens is 286 g/mol. The predicted molar refractivity (Wildman–Crippen MR) is 77.6 cm³/mol. The number of allylic oxidation sites excluding steroid dienone is 3. The van der Waals surface area contributed by atoms with Crippen LogP contribution in [0.2, 0.25) is 0 Å². The second-order valence-electron chi connectivity index (χ2n) is 4.90. The Morgan fingerprint density at radius 1 is 1.41 bits per heavy atom. The average Bonchev–Trinajstić information content (AvgIpc) is 2.46. The number of non-ortho nitro benzene ring substituents is 1. The Hall–Kier alpha value is -3.14. The molecular formula is C15H13N3O4. The summed E-state index contributed by atoms with van der Waals surface area (Å²) in [6.07, 6.45) is 0. The Kier molecular flexibility index (Phi) is 3.95. The van der Waals surface area contributed by atoms with Crippen LogP contribution in [0, 0.1) is 21.4 Å². The number of benzene rings is 1. The Morgan fingerprint density at radius 3 is 2.64 bits per heavy atom. The van der Waals surface area contributed by atoms with Gasteiger partial charge in [0.2, 0.25) is 0 Å². The number of rotatable bonds is 3. The molecule has 0 bridgehead atoms. The summed E-state index contributed by atoms with van der Waals surface area (Å²) >= 11 is 0. The number of nitrogens with one attached hydrogen (secondary N) is 1. The summed E-state index contributed by atoms with van der Waals surface area (Å²) in [5.41, 5.74) is 1.48. The fraction of sp³-hybridized carbons (Fsp3) is 0.200. The Morgan fingerprint density at radius 2 is 2.09 bits per heavy atom. The Balaban J connectivity index is 2.68. The van der Waals surface area contributed by atoms with Crippen molar-refractivity contribution >= 4 is 11.7 Å². The molecule has 0 saturated heterocycles. The quantitative estimate of drug-likeness (QED) is 0.654. The van der Waals surface area contributed by atoms with E-state index in [0.29, 0.717) is 17.0 Å². The molecule has 0 unspecified atom stereocenters. The molecule has 7 nitrogen and oxygen atoms in total. The first-order valence-corrected chi connectivity index (χ1v) is 6.43. The summed E-state index contributed by atoms with van der Waals surface area (Å²) < 4.78 is 0. The van der Waals surface area contributed by atoms with Gasteiger partial charge >= 0.3 is 5.97 Å². The van der Waals surface area contributed by atoms with E-state index in [9.17, 15) is 25.3 Å². The number of carboxylic acid groups (broad SMARTS) is 1. The SMILES string of the molecule is CC1=C(C#N)[C@H](c2cccc([N+](=O)[O-])c2)C(C(=O)O)=C(C)N1. The number of nitro groups is 1. The van der Waals surface area contributed by atoms with Crippen LogP contribution < -0.4 is 5.32 Å². The number of nitro benzene ring substituents is 1. The predicted octanol–water partition coefficient (Wildman–Crippen LogP) is 2.44. The Labute approximate surface area is 126 Å². The van der Waals surface area contributed by atoms with Crippen LogP contribution in [0.4, 0.5) is 5.69 Å². The first-order valence-electron chi connectivity index (χ1n) is 6.43. The number of nitrogens with zero attached hydrogens (tertiary/aromatic N) is 2. The molecule has 0 amide bonds. The van der Waals surface area contributed by atoms with Crippen LogP contribution in [0.1, 0.15) is 25.3 Å². The molecule has 7 heteroatoms. The van der Waals surface area contributed by atoms with Crippen molar-refractivity contribution < 1.29 is 14.8 Å². The van der Waals surface area contributed by atoms with Crippen LogP contribution in [-0.4, -0.2) is 16.0 Å². The second-order valence-corrected chi connectivity index (χ2v) is 4.90. The van der Waals surface area contributed by atoms with E-state index >= 15 is 0 Å². The van der Waals surface area contributed by atoms with Gasteiger partial charge in [0, 0.05) is 23.5 Å². The number of carboxylic acids is 1. The molecule has 0 radical (unpaired) electrons. The first-order chi connectivity index (χ1) is 10.4. The highest BCUT2D eigenvalue weighted by Gasteiger charge is 2.33. The fourth-order valence-electron chi connectivity index (χ4n) is 2.58. The summed E-state index contributed by atoms with van der Waals surface area (Å²) in [7, 11) is 0. The maximum Gasteiger partial charge on any atom is 0.334 e. The van der Waals surface area contributed by atoms with Gasteiger partial charge in [0.15, 0.2) is 0 Å². The van der Waals surface area contributed by atoms with Gasteiger partial charge in [-0.3, -0.25) is 10.1 Å². The third-order valence-corrected chi connectivity index (χ3v) is 3.53. The van der Waals surface area contributed by atoms with E-state index in [2.05, 4.69) is 5.32 Å². The van der Waals surface area contributed by atoms with E-state index in [0.717, 1.165) is 0 Å². The van der Waals surface area contributed by atoms with Crippen molar-refractivity contribution in [2.75, 3.05) is 0 Å². The minimum Gasteiger partial charge on any atom is -0.478 e. The molecule has 0 fully saturated rings. The van der Waals surface area contributed by atoms with Gasteiger partial charge in [-0.2, -0.15) is 5.26 Å². The van der Waals surface area contributed by atoms with Gasteiger partial charge in [-0.25, -0.2) is 4.79 Å². The summed E-state index contributed by atoms with van der Waals surface area (Å²) in [5, 5.41) is 32.6. The lowest BCUT2D eigenvalue weighted by atomic mass is 9.81. The monoisotopic (exact) mass is 299 g/mol. The van der Waals surface area contributed by atoms with Crippen LogP contribution in [0.25, 0.3) is 0 Å². The molecule has 1 aliphatic heterocycles. The molecule has 0 aromatic heterocycles. The number of aliphatic carboxylic acids is 1. The van der Waals surface area contributed by atoms with Crippen LogP contribution >= 0.6 is 0 Å². The number of nitriles is 1. The lowest BCUT2D eigenvalue weighted by molar-refractivity contribution is -0.384. The van der Waals surface area contributed by atoms with Crippen LogP contribution in [0.15, 0.2) is 46.8 Å². The van der Waals surface area contributed by atoms with Crippen LogP contribution in [-0.2, 0) is 4.79 Å². The first kappa shape index (κ1) is 15.3. The number of hydrogen-bond donors (Lipinski definition) is 2. The summed E-state index contributed by atoms with van der Waals surface area (Å²) in [6, 6.07) is 7.70. The van der Waals surface area contributed by atoms with E-state index < -0.39 is 16.8 Å². The van der Waals surface area contributed by atoms with Crippen molar-refractivity contribution in [2.45, 2.75) is 19.8 Å². The maximum atomic E-state index is 11.6. The molecule has 2 rings (SSSR count). The molecule has 112 valence electrons. The zero-order chi connectivity index (χ0) is 16.4. The highest BCUT2D eigenvalue weighted by Crippen LogP contribution is 2.38. The fourth-order valence-corrected chi connectivity index (χ4v) is 2.58. The minimum absolute atomic E-state index is 0.0163. The van der Waals surface area contributed by atoms with Gasteiger partial charge in [0.05, 0.1) is 28.1 Å². The van der Waals surface area contributed by atoms with E-state index in [1.807, 2.05) is 6.07 Å². The van der Waals surface area contributed by atoms with Gasteiger partial charge in [0.25, 0.3) is 5.69 Å². The molecule has 1 aromatic rings. The van der Waals surface area contributed by atoms with E-state index in [-0.39, 0.29) is 16.8 Å². The van der Waals surface area contributed by atoms with Crippen molar-refractivity contribution in [1.82, 2.24) is 5.32 Å². The standard InChI is InChI=1S/C15H13N3O4/c1-8-12(7-16)14(13(15(19)20)9(2)17-8)10-4-3-5-11(6-10)18(21)22/h3-6,14,17H,1-2H3,(H,19,20)/t14-/m0/s1. The number of dihydropyridines is 1. The molecule has 0 aliphatic carbocycles. The second kappa shape index (κ2) is 5.69. The zero-order valence-electron chi connectivity index (χ0n) is 12.0. The maximum absolute atomic E-state index is 11.6. The summed E-state index contributed by atoms with van der Waals surface area (Å²) in [6.45, 7) is 3.27. The number of hydrogen-bond acceptors (Lipinski definition) is 5. The molecule has 0 spiro atoms.